The summed E-state index contributed by atoms with van der Waals surface area (Å²) in [5, 5.41) is 26.7. The second-order valence-electron chi connectivity index (χ2n) is 11.1. The van der Waals surface area contributed by atoms with Crippen molar-refractivity contribution in [3.8, 4) is 5.88 Å². The summed E-state index contributed by atoms with van der Waals surface area (Å²) in [4.78, 5) is 55.6. The first-order chi connectivity index (χ1) is 19.1. The van der Waals surface area contributed by atoms with E-state index in [-0.39, 0.29) is 40.2 Å². The van der Waals surface area contributed by atoms with E-state index >= 15 is 0 Å². The minimum Gasteiger partial charge on any atom is -0.618 e. The first-order valence-corrected chi connectivity index (χ1v) is 13.6. The maximum absolute atomic E-state index is 13.7. The molecular formula is C30H27N4O6+. The number of nitroso groups, excluding NO2 is 1. The van der Waals surface area contributed by atoms with E-state index in [4.69, 9.17) is 0 Å². The summed E-state index contributed by atoms with van der Waals surface area (Å²) in [6.07, 6.45) is 7.00. The monoisotopic (exact) mass is 539 g/mol. The highest BCUT2D eigenvalue weighted by Crippen LogP contribution is 2.52. The molecule has 3 aromatic rings. The number of aromatic nitrogens is 2. The number of imide groups is 1. The molecule has 10 heteroatoms. The third-order valence-electron chi connectivity index (χ3n) is 9.21. The number of carbonyl (C=O) groups excluding carboxylic acids is 2. The summed E-state index contributed by atoms with van der Waals surface area (Å²) in [5.41, 5.74) is 1.28. The smallest absolute Gasteiger partial charge is 0.263 e. The van der Waals surface area contributed by atoms with Crippen molar-refractivity contribution >= 4 is 44.6 Å². The molecule has 1 N–H and O–H groups in total. The number of carbonyl (C=O) groups is 2. The van der Waals surface area contributed by atoms with Crippen LogP contribution in [0.5, 0.6) is 5.88 Å². The number of nitrogens with zero attached hydrogens (tertiary/aromatic N) is 4. The lowest BCUT2D eigenvalue weighted by Crippen LogP contribution is -2.55. The highest BCUT2D eigenvalue weighted by atomic mass is 16.5. The number of fused-ring (bicyclic) bond motifs is 1. The predicted octanol–water partition coefficient (Wildman–Crippen LogP) is 2.70. The van der Waals surface area contributed by atoms with Gasteiger partial charge in [0.05, 0.1) is 26.9 Å². The van der Waals surface area contributed by atoms with Gasteiger partial charge in [-0.25, -0.2) is 0 Å². The van der Waals surface area contributed by atoms with Gasteiger partial charge in [0.2, 0.25) is 17.8 Å². The standard InChI is InChI=1S/C30H26N4O6/c1-5-13(3)33-27(35)17-9-7-15-23-21(17)19(29(33)37)11-31(39)25(23)16-8-10-18-22-20(12-32(40)26(15)24(16)22)30(38)34(28(18)36)14(4)6-2/h7-14,21,23H,5-6H2,1-4H3/p+1. The van der Waals surface area contributed by atoms with Crippen LogP contribution in [0.3, 0.4) is 0 Å². The Morgan fingerprint density at radius 2 is 1.60 bits per heavy atom. The van der Waals surface area contributed by atoms with Crippen molar-refractivity contribution in [1.29, 1.82) is 0 Å². The molecule has 7 rings (SSSR count). The number of rotatable bonds is 4. The molecule has 0 bridgehead atoms. The number of amides is 2. The summed E-state index contributed by atoms with van der Waals surface area (Å²) in [6.45, 7) is 7.40. The van der Waals surface area contributed by atoms with Gasteiger partial charge in [-0.1, -0.05) is 26.0 Å². The molecule has 2 amide bonds. The SMILES string of the molecule is CCC(C)N1C(=O)C2=CC=C3c4c5c(ccc6c(=O)n(C(C)CC)c(O)c(c[n+]4[O-])c65)=C4C3C2C(=C[N+]4=O)C1=O. The lowest BCUT2D eigenvalue weighted by atomic mass is 9.65. The van der Waals surface area contributed by atoms with Crippen LogP contribution in [-0.4, -0.2) is 37.2 Å². The fourth-order valence-electron chi connectivity index (χ4n) is 6.93. The Hall–Kier alpha value is -4.60. The van der Waals surface area contributed by atoms with Gasteiger partial charge in [-0.05, 0) is 38.8 Å². The number of hydrogen-bond acceptors (Lipinski definition) is 6. The Bertz CT molecular complexity index is 1980. The molecule has 4 atom stereocenters. The Morgan fingerprint density at radius 1 is 0.925 bits per heavy atom. The van der Waals surface area contributed by atoms with Gasteiger partial charge >= 0.3 is 0 Å². The molecule has 4 aliphatic rings. The topological polar surface area (TPSA) is 127 Å². The van der Waals surface area contributed by atoms with Crippen molar-refractivity contribution in [3.05, 3.63) is 79.2 Å². The second-order valence-corrected chi connectivity index (χ2v) is 11.1. The average molecular weight is 540 g/mol. The first kappa shape index (κ1) is 24.4. The van der Waals surface area contributed by atoms with E-state index in [9.17, 15) is 29.6 Å². The minimum absolute atomic E-state index is 0.217. The Labute approximate surface area is 227 Å². The molecule has 2 aliphatic carbocycles. The lowest BCUT2D eigenvalue weighted by Gasteiger charge is -2.42. The summed E-state index contributed by atoms with van der Waals surface area (Å²) in [5.74, 6) is -2.63. The number of piperidine rings is 1. The van der Waals surface area contributed by atoms with Crippen molar-refractivity contribution in [1.82, 2.24) is 9.47 Å². The normalized spacial score (nSPS) is 22.8. The van der Waals surface area contributed by atoms with Crippen molar-refractivity contribution < 1.29 is 24.2 Å². The molecule has 202 valence electrons. The molecule has 4 heterocycles. The van der Waals surface area contributed by atoms with E-state index in [1.165, 1.54) is 21.9 Å². The van der Waals surface area contributed by atoms with Gasteiger partial charge in [-0.3, -0.25) is 23.9 Å². The van der Waals surface area contributed by atoms with Crippen LogP contribution in [0.15, 0.2) is 52.6 Å². The highest BCUT2D eigenvalue weighted by Gasteiger charge is 2.58. The fraction of sp³-hybridized carbons (Fsp3) is 0.333. The molecule has 1 saturated heterocycles. The van der Waals surface area contributed by atoms with Crippen molar-refractivity contribution in [2.75, 3.05) is 0 Å². The van der Waals surface area contributed by atoms with Crippen LogP contribution < -0.4 is 15.5 Å². The van der Waals surface area contributed by atoms with Crippen molar-refractivity contribution in [2.24, 2.45) is 11.8 Å². The zero-order valence-corrected chi connectivity index (χ0v) is 22.5. The van der Waals surface area contributed by atoms with Crippen LogP contribution >= 0.6 is 0 Å². The van der Waals surface area contributed by atoms with Crippen molar-refractivity contribution in [2.45, 2.75) is 52.6 Å². The van der Waals surface area contributed by atoms with E-state index in [2.05, 4.69) is 0 Å². The van der Waals surface area contributed by atoms with E-state index in [0.717, 1.165) is 0 Å². The molecular weight excluding hydrogens is 512 g/mol. The summed E-state index contributed by atoms with van der Waals surface area (Å²) < 4.78 is 2.63. The second kappa shape index (κ2) is 7.97. The molecule has 1 fully saturated rings. The van der Waals surface area contributed by atoms with Crippen molar-refractivity contribution in [3.63, 3.8) is 0 Å². The summed E-state index contributed by atoms with van der Waals surface area (Å²) in [7, 11) is 0. The Balaban J connectivity index is 1.62. The van der Waals surface area contributed by atoms with Gasteiger partial charge < -0.3 is 10.3 Å². The zero-order chi connectivity index (χ0) is 28.4. The molecule has 2 aromatic heterocycles. The predicted molar refractivity (Wildman–Crippen MR) is 146 cm³/mol. The lowest BCUT2D eigenvalue weighted by molar-refractivity contribution is -0.605. The maximum atomic E-state index is 13.7. The molecule has 0 saturated carbocycles. The molecule has 10 nitrogen and oxygen atoms in total. The van der Waals surface area contributed by atoms with Gasteiger partial charge in [0, 0.05) is 44.8 Å². The zero-order valence-electron chi connectivity index (χ0n) is 22.5. The van der Waals surface area contributed by atoms with Crippen LogP contribution in [0.4, 0.5) is 0 Å². The first-order valence-electron chi connectivity index (χ1n) is 13.6. The third kappa shape index (κ3) is 2.73. The van der Waals surface area contributed by atoms with Crippen LogP contribution in [-0.2, 0) is 9.59 Å². The Kier molecular flexibility index (Phi) is 4.87. The minimum atomic E-state index is -0.732. The van der Waals surface area contributed by atoms with Gasteiger partial charge in [0.1, 0.15) is 5.39 Å². The van der Waals surface area contributed by atoms with E-state index in [1.54, 1.807) is 31.2 Å². The number of aromatic hydroxyl groups is 1. The molecule has 1 aromatic carbocycles. The number of likely N-dealkylation sites (tertiary alicyclic amines) is 1. The quantitative estimate of drug-likeness (QED) is 0.309. The number of hydrogen-bond donors (Lipinski definition) is 1. The van der Waals surface area contributed by atoms with E-state index < -0.39 is 23.7 Å². The van der Waals surface area contributed by atoms with E-state index in [0.29, 0.717) is 60.6 Å². The van der Waals surface area contributed by atoms with Gasteiger partial charge in [-0.15, -0.1) is 0 Å². The number of pyridine rings is 2. The van der Waals surface area contributed by atoms with Gasteiger partial charge in [0.25, 0.3) is 23.1 Å². The molecule has 0 radical (unpaired) electrons. The summed E-state index contributed by atoms with van der Waals surface area (Å²) >= 11 is 0. The number of benzene rings is 1. The summed E-state index contributed by atoms with van der Waals surface area (Å²) in [6, 6.07) is 2.63. The van der Waals surface area contributed by atoms with Gasteiger partial charge in [-0.2, -0.15) is 4.73 Å². The maximum Gasteiger partial charge on any atom is 0.263 e. The third-order valence-corrected chi connectivity index (χ3v) is 9.21. The van der Waals surface area contributed by atoms with Crippen LogP contribution in [0.25, 0.3) is 32.8 Å². The fourth-order valence-corrected chi connectivity index (χ4v) is 6.93. The number of allylic oxidation sites excluding steroid dienone is 2. The Morgan fingerprint density at radius 3 is 2.30 bits per heavy atom. The van der Waals surface area contributed by atoms with E-state index in [1.807, 2.05) is 20.8 Å². The van der Waals surface area contributed by atoms with Crippen LogP contribution in [0.2, 0.25) is 0 Å². The average Bonchev–Trinajstić information content (AvgIpc) is 2.94. The molecule has 4 unspecified atom stereocenters. The van der Waals surface area contributed by atoms with Crippen LogP contribution in [0, 0.1) is 22.0 Å². The molecule has 2 aliphatic heterocycles. The van der Waals surface area contributed by atoms with Crippen LogP contribution in [0.1, 0.15) is 52.3 Å². The molecule has 0 spiro atoms. The largest absolute Gasteiger partial charge is 0.618 e. The molecule has 40 heavy (non-hydrogen) atoms. The van der Waals surface area contributed by atoms with Gasteiger partial charge in [0.15, 0.2) is 6.20 Å². The highest BCUT2D eigenvalue weighted by molar-refractivity contribution is 6.19.